The molecule has 0 fully saturated rings. The van der Waals surface area contributed by atoms with Gasteiger partial charge in [-0.15, -0.1) is 0 Å². The van der Waals surface area contributed by atoms with E-state index in [2.05, 4.69) is 15.3 Å². The van der Waals surface area contributed by atoms with Gasteiger partial charge in [0.15, 0.2) is 0 Å². The van der Waals surface area contributed by atoms with Gasteiger partial charge >= 0.3 is 0 Å². The van der Waals surface area contributed by atoms with Crippen LogP contribution in [0, 0.1) is 0 Å². The molecular weight excluding hydrogens is 406 g/mol. The molecule has 2 aromatic rings. The molecule has 2 atom stereocenters. The Morgan fingerprint density at radius 2 is 1.72 bits per heavy atom. The van der Waals surface area contributed by atoms with Gasteiger partial charge in [0.2, 0.25) is 0 Å². The molecule has 2 aromatic carbocycles. The molecular formula is C24H31N5O3. The summed E-state index contributed by atoms with van der Waals surface area (Å²) in [4.78, 5) is 30.3. The summed E-state index contributed by atoms with van der Waals surface area (Å²) < 4.78 is 0. The minimum absolute atomic E-state index is 0.104. The maximum absolute atomic E-state index is 13.0. The number of aliphatic hydroxyl groups excluding tert-OH is 1. The summed E-state index contributed by atoms with van der Waals surface area (Å²) in [5.74, 6) is -0.509. The van der Waals surface area contributed by atoms with Crippen molar-refractivity contribution < 1.29 is 14.7 Å². The van der Waals surface area contributed by atoms with Gasteiger partial charge in [-0.3, -0.25) is 9.59 Å². The van der Waals surface area contributed by atoms with Crippen LogP contribution >= 0.6 is 0 Å². The Hall–Kier alpha value is -3.35. The highest BCUT2D eigenvalue weighted by Crippen LogP contribution is 2.12. The molecule has 2 N–H and O–H groups in total. The third-order valence-corrected chi connectivity index (χ3v) is 5.06. The van der Waals surface area contributed by atoms with Crippen molar-refractivity contribution in [3.8, 4) is 0 Å². The lowest BCUT2D eigenvalue weighted by Gasteiger charge is -2.24. The average Bonchev–Trinajstić information content (AvgIpc) is 2.82. The number of benzene rings is 2. The van der Waals surface area contributed by atoms with Gasteiger partial charge in [0.1, 0.15) is 0 Å². The predicted molar refractivity (Wildman–Crippen MR) is 124 cm³/mol. The second-order valence-corrected chi connectivity index (χ2v) is 7.62. The molecule has 0 saturated heterocycles. The minimum Gasteiger partial charge on any atom is -0.391 e. The second kappa shape index (κ2) is 13.1. The van der Waals surface area contributed by atoms with E-state index >= 15 is 0 Å². The summed E-state index contributed by atoms with van der Waals surface area (Å²) in [6.07, 6.45) is 1.03. The zero-order valence-electron chi connectivity index (χ0n) is 18.6. The summed E-state index contributed by atoms with van der Waals surface area (Å²) in [7, 11) is 0. The first-order valence-corrected chi connectivity index (χ1v) is 10.9. The van der Waals surface area contributed by atoms with Crippen LogP contribution in [0.4, 0.5) is 0 Å². The molecule has 0 heterocycles. The number of nitrogens with zero attached hydrogens (tertiary/aromatic N) is 4. The van der Waals surface area contributed by atoms with Crippen molar-refractivity contribution in [2.24, 2.45) is 5.11 Å². The normalized spacial score (nSPS) is 12.3. The van der Waals surface area contributed by atoms with Gasteiger partial charge in [-0.25, -0.2) is 0 Å². The predicted octanol–water partition coefficient (Wildman–Crippen LogP) is 3.96. The maximum atomic E-state index is 13.0. The number of nitrogens with one attached hydrogen (secondary N) is 1. The highest BCUT2D eigenvalue weighted by molar-refractivity contribution is 5.99. The second-order valence-electron chi connectivity index (χ2n) is 7.62. The van der Waals surface area contributed by atoms with Crippen molar-refractivity contribution in [3.05, 3.63) is 81.7 Å². The van der Waals surface area contributed by atoms with E-state index in [0.717, 1.165) is 18.4 Å². The summed E-state index contributed by atoms with van der Waals surface area (Å²) in [6, 6.07) is 15.4. The lowest BCUT2D eigenvalue weighted by molar-refractivity contribution is 0.0755. The fraction of sp³-hybridized carbons (Fsp3) is 0.417. The largest absolute Gasteiger partial charge is 0.391 e. The van der Waals surface area contributed by atoms with Crippen LogP contribution in [0.2, 0.25) is 0 Å². The number of hydrogen-bond donors (Lipinski definition) is 2. The maximum Gasteiger partial charge on any atom is 0.253 e. The molecule has 8 nitrogen and oxygen atoms in total. The smallest absolute Gasteiger partial charge is 0.253 e. The Bertz CT molecular complexity index is 922. The van der Waals surface area contributed by atoms with Crippen LogP contribution in [0.3, 0.4) is 0 Å². The lowest BCUT2D eigenvalue weighted by Crippen LogP contribution is -2.46. The Morgan fingerprint density at radius 1 is 1.06 bits per heavy atom. The Labute approximate surface area is 188 Å². The number of amides is 2. The highest BCUT2D eigenvalue weighted by atomic mass is 16.3. The minimum atomic E-state index is -1.05. The standard InChI is InChI=1S/C24H31N5O3/c1-3-13-29(14-4-2)24(32)20-12-8-11-19(16-20)23(31)27-21(22(30)17-26-28-25)15-18-9-6-5-7-10-18/h5-12,16,21-22,30H,3-4,13-15,17H2,1-2H3,(H,27,31)/t21-,22+/m0/s1. The molecule has 32 heavy (non-hydrogen) atoms. The van der Waals surface area contributed by atoms with Crippen molar-refractivity contribution >= 4 is 11.8 Å². The van der Waals surface area contributed by atoms with E-state index in [0.29, 0.717) is 30.6 Å². The van der Waals surface area contributed by atoms with Crippen LogP contribution in [0.1, 0.15) is 53.0 Å². The number of rotatable bonds is 12. The van der Waals surface area contributed by atoms with Crippen molar-refractivity contribution in [2.75, 3.05) is 19.6 Å². The van der Waals surface area contributed by atoms with E-state index in [-0.39, 0.29) is 12.5 Å². The summed E-state index contributed by atoms with van der Waals surface area (Å²) in [6.45, 7) is 5.21. The first kappa shape index (κ1) is 24.9. The first-order valence-electron chi connectivity index (χ1n) is 10.9. The number of aliphatic hydroxyl groups is 1. The van der Waals surface area contributed by atoms with E-state index in [4.69, 9.17) is 5.53 Å². The van der Waals surface area contributed by atoms with Crippen LogP contribution in [-0.2, 0) is 6.42 Å². The molecule has 0 aliphatic heterocycles. The fourth-order valence-electron chi connectivity index (χ4n) is 3.48. The third-order valence-electron chi connectivity index (χ3n) is 5.06. The van der Waals surface area contributed by atoms with Crippen LogP contribution in [0.25, 0.3) is 10.4 Å². The molecule has 170 valence electrons. The molecule has 0 bridgehead atoms. The fourth-order valence-corrected chi connectivity index (χ4v) is 3.48. The molecule has 0 radical (unpaired) electrons. The van der Waals surface area contributed by atoms with Gasteiger partial charge in [0.25, 0.3) is 11.8 Å². The van der Waals surface area contributed by atoms with Crippen LogP contribution < -0.4 is 5.32 Å². The van der Waals surface area contributed by atoms with E-state index in [1.54, 1.807) is 29.2 Å². The molecule has 0 aromatic heterocycles. The Kier molecular flexibility index (Phi) is 10.2. The van der Waals surface area contributed by atoms with Gasteiger partial charge < -0.3 is 15.3 Å². The monoisotopic (exact) mass is 437 g/mol. The zero-order valence-corrected chi connectivity index (χ0v) is 18.6. The van der Waals surface area contributed by atoms with Gasteiger partial charge in [0.05, 0.1) is 18.7 Å². The summed E-state index contributed by atoms with van der Waals surface area (Å²) >= 11 is 0. The third kappa shape index (κ3) is 7.41. The van der Waals surface area contributed by atoms with E-state index < -0.39 is 18.1 Å². The van der Waals surface area contributed by atoms with Gasteiger partial charge in [-0.1, -0.05) is 55.4 Å². The molecule has 0 spiro atoms. The van der Waals surface area contributed by atoms with Crippen molar-refractivity contribution in [1.29, 1.82) is 0 Å². The topological polar surface area (TPSA) is 118 Å². The SMILES string of the molecule is CCCN(CCC)C(=O)c1cccc(C(=O)N[C@@H](Cc2ccccc2)[C@H](O)CN=[N+]=[N-])c1. The van der Waals surface area contributed by atoms with Crippen LogP contribution in [-0.4, -0.2) is 53.6 Å². The average molecular weight is 438 g/mol. The zero-order chi connectivity index (χ0) is 23.3. The van der Waals surface area contributed by atoms with Crippen molar-refractivity contribution in [1.82, 2.24) is 10.2 Å². The van der Waals surface area contributed by atoms with Gasteiger partial charge in [-0.05, 0) is 48.6 Å². The highest BCUT2D eigenvalue weighted by Gasteiger charge is 2.23. The van der Waals surface area contributed by atoms with E-state index in [9.17, 15) is 14.7 Å². The summed E-state index contributed by atoms with van der Waals surface area (Å²) in [5, 5.41) is 16.8. The van der Waals surface area contributed by atoms with Crippen molar-refractivity contribution in [3.63, 3.8) is 0 Å². The number of azide groups is 1. The van der Waals surface area contributed by atoms with Gasteiger partial charge in [0, 0.05) is 29.1 Å². The van der Waals surface area contributed by atoms with Crippen molar-refractivity contribution in [2.45, 2.75) is 45.3 Å². The molecule has 8 heteroatoms. The molecule has 2 amide bonds. The number of hydrogen-bond acceptors (Lipinski definition) is 4. The van der Waals surface area contributed by atoms with Crippen LogP contribution in [0.15, 0.2) is 59.7 Å². The number of carbonyl (C=O) groups excluding carboxylic acids is 2. The summed E-state index contributed by atoms with van der Waals surface area (Å²) in [5.41, 5.74) is 10.3. The molecule has 2 rings (SSSR count). The quantitative estimate of drug-likeness (QED) is 0.297. The molecule has 0 saturated carbocycles. The van der Waals surface area contributed by atoms with Crippen LogP contribution in [0.5, 0.6) is 0 Å². The lowest BCUT2D eigenvalue weighted by atomic mass is 10.0. The van der Waals surface area contributed by atoms with E-state index in [1.165, 1.54) is 0 Å². The molecule has 0 unspecified atom stereocenters. The molecule has 0 aliphatic rings. The van der Waals surface area contributed by atoms with Gasteiger partial charge in [-0.2, -0.15) is 0 Å². The Balaban J connectivity index is 2.20. The molecule has 0 aliphatic carbocycles. The Morgan fingerprint density at radius 3 is 2.34 bits per heavy atom. The van der Waals surface area contributed by atoms with E-state index in [1.807, 2.05) is 44.2 Å². The number of carbonyl (C=O) groups is 2. The first-order chi connectivity index (χ1) is 15.5.